The second-order valence-electron chi connectivity index (χ2n) is 6.08. The summed E-state index contributed by atoms with van der Waals surface area (Å²) in [7, 11) is 3.21. The van der Waals surface area contributed by atoms with Crippen LogP contribution in [0.4, 0.5) is 17.2 Å². The van der Waals surface area contributed by atoms with E-state index in [-0.39, 0.29) is 12.3 Å². The van der Waals surface area contributed by atoms with E-state index < -0.39 is 0 Å². The number of rotatable bonds is 9. The number of nitrogens with one attached hydrogen (secondary N) is 2. The lowest BCUT2D eigenvalue weighted by Gasteiger charge is -2.13. The van der Waals surface area contributed by atoms with Crippen LogP contribution in [0, 0.1) is 0 Å². The molecule has 0 saturated carbocycles. The van der Waals surface area contributed by atoms with Crippen LogP contribution in [0.25, 0.3) is 0 Å². The highest BCUT2D eigenvalue weighted by molar-refractivity contribution is 5.90. The molecule has 0 atom stereocenters. The maximum atomic E-state index is 12.1. The number of amides is 1. The predicted molar refractivity (Wildman–Crippen MR) is 112 cm³/mol. The summed E-state index contributed by atoms with van der Waals surface area (Å²) in [6, 6.07) is 18.4. The average Bonchev–Trinajstić information content (AvgIpc) is 2.76. The maximum absolute atomic E-state index is 12.1. The van der Waals surface area contributed by atoms with Gasteiger partial charge in [-0.25, -0.2) is 4.98 Å². The number of nitrogens with zero attached hydrogens (tertiary/aromatic N) is 1. The summed E-state index contributed by atoms with van der Waals surface area (Å²) >= 11 is 0. The number of ether oxygens (including phenoxy) is 3. The summed E-state index contributed by atoms with van der Waals surface area (Å²) in [6.07, 6.45) is 1.87. The van der Waals surface area contributed by atoms with Crippen molar-refractivity contribution < 1.29 is 19.0 Å². The minimum Gasteiger partial charge on any atom is -0.497 e. The number of benzene rings is 2. The van der Waals surface area contributed by atoms with Gasteiger partial charge in [0, 0.05) is 6.07 Å². The van der Waals surface area contributed by atoms with Gasteiger partial charge in [-0.15, -0.1) is 0 Å². The Balaban J connectivity index is 1.53. The third kappa shape index (κ3) is 5.87. The van der Waals surface area contributed by atoms with Crippen LogP contribution in [0.3, 0.4) is 0 Å². The summed E-state index contributed by atoms with van der Waals surface area (Å²) in [5.41, 5.74) is 1.51. The van der Waals surface area contributed by atoms with Crippen LogP contribution < -0.4 is 24.8 Å². The van der Waals surface area contributed by atoms with Crippen molar-refractivity contribution in [3.63, 3.8) is 0 Å². The van der Waals surface area contributed by atoms with Gasteiger partial charge in [-0.2, -0.15) is 0 Å². The summed E-state index contributed by atoms with van der Waals surface area (Å²) in [4.78, 5) is 16.3. The number of carbonyl (C=O) groups excluding carboxylic acids is 1. The Morgan fingerprint density at radius 2 is 1.79 bits per heavy atom. The van der Waals surface area contributed by atoms with E-state index in [2.05, 4.69) is 15.6 Å². The number of pyridine rings is 1. The van der Waals surface area contributed by atoms with Crippen molar-refractivity contribution in [1.29, 1.82) is 0 Å². The highest BCUT2D eigenvalue weighted by Crippen LogP contribution is 2.31. The molecule has 150 valence electrons. The average molecular weight is 393 g/mol. The topological polar surface area (TPSA) is 81.7 Å². The molecule has 0 radical (unpaired) electrons. The molecule has 3 aromatic rings. The van der Waals surface area contributed by atoms with Gasteiger partial charge in [0.05, 0.1) is 44.8 Å². The molecule has 0 unspecified atom stereocenters. The smallest absolute Gasteiger partial charge is 0.228 e. The minimum atomic E-state index is -0.163. The standard InChI is InChI=1S/C22H23N3O4/c1-27-18-9-10-20(28-2)19(14-18)24-16-8-11-21(23-15-16)25-22(26)12-13-29-17-6-4-3-5-7-17/h3-11,14-15,24H,12-13H2,1-2H3,(H,23,25,26). The van der Waals surface area contributed by atoms with Crippen LogP contribution >= 0.6 is 0 Å². The molecule has 0 aliphatic heterocycles. The summed E-state index contributed by atoms with van der Waals surface area (Å²) in [5, 5.41) is 5.99. The van der Waals surface area contributed by atoms with Gasteiger partial charge in [0.15, 0.2) is 0 Å². The van der Waals surface area contributed by atoms with E-state index in [4.69, 9.17) is 14.2 Å². The third-order valence-electron chi connectivity index (χ3n) is 4.06. The van der Waals surface area contributed by atoms with E-state index in [9.17, 15) is 4.79 Å². The van der Waals surface area contributed by atoms with Gasteiger partial charge in [-0.05, 0) is 36.4 Å². The maximum Gasteiger partial charge on any atom is 0.228 e. The van der Waals surface area contributed by atoms with Crippen molar-refractivity contribution in [2.24, 2.45) is 0 Å². The highest BCUT2D eigenvalue weighted by atomic mass is 16.5. The largest absolute Gasteiger partial charge is 0.497 e. The van der Waals surface area contributed by atoms with Gasteiger partial charge >= 0.3 is 0 Å². The molecule has 2 aromatic carbocycles. The lowest BCUT2D eigenvalue weighted by molar-refractivity contribution is -0.116. The molecule has 3 rings (SSSR count). The molecule has 29 heavy (non-hydrogen) atoms. The van der Waals surface area contributed by atoms with Crippen LogP contribution in [-0.2, 0) is 4.79 Å². The third-order valence-corrected chi connectivity index (χ3v) is 4.06. The van der Waals surface area contributed by atoms with Crippen molar-refractivity contribution in [1.82, 2.24) is 4.98 Å². The fourth-order valence-electron chi connectivity index (χ4n) is 2.59. The predicted octanol–water partition coefficient (Wildman–Crippen LogP) is 4.25. The van der Waals surface area contributed by atoms with Crippen LogP contribution in [0.1, 0.15) is 6.42 Å². The molecule has 0 spiro atoms. The van der Waals surface area contributed by atoms with Crippen LogP contribution in [0.5, 0.6) is 17.2 Å². The highest BCUT2D eigenvalue weighted by Gasteiger charge is 2.07. The zero-order valence-electron chi connectivity index (χ0n) is 16.3. The van der Waals surface area contributed by atoms with E-state index in [0.29, 0.717) is 23.9 Å². The van der Waals surface area contributed by atoms with Crippen LogP contribution in [0.15, 0.2) is 66.9 Å². The monoisotopic (exact) mass is 393 g/mol. The SMILES string of the molecule is COc1ccc(OC)c(Nc2ccc(NC(=O)CCOc3ccccc3)nc2)c1. The Labute approximate surface area is 169 Å². The van der Waals surface area contributed by atoms with Gasteiger partial charge in [0.2, 0.25) is 5.91 Å². The first-order chi connectivity index (χ1) is 14.2. The normalized spacial score (nSPS) is 10.1. The van der Waals surface area contributed by atoms with E-state index in [1.807, 2.05) is 54.6 Å². The summed E-state index contributed by atoms with van der Waals surface area (Å²) in [5.74, 6) is 2.44. The molecule has 2 N–H and O–H groups in total. The number of aromatic nitrogens is 1. The number of anilines is 3. The van der Waals surface area contributed by atoms with Gasteiger partial charge in [0.25, 0.3) is 0 Å². The number of methoxy groups -OCH3 is 2. The number of carbonyl (C=O) groups is 1. The molecule has 0 saturated heterocycles. The minimum absolute atomic E-state index is 0.163. The van der Waals surface area contributed by atoms with Crippen molar-refractivity contribution in [2.45, 2.75) is 6.42 Å². The van der Waals surface area contributed by atoms with Crippen molar-refractivity contribution in [3.05, 3.63) is 66.9 Å². The Kier molecular flexibility index (Phi) is 6.89. The molecule has 0 aliphatic rings. The van der Waals surface area contributed by atoms with E-state index >= 15 is 0 Å². The molecule has 7 nitrogen and oxygen atoms in total. The second kappa shape index (κ2) is 9.98. The van der Waals surface area contributed by atoms with Gasteiger partial charge in [-0.1, -0.05) is 18.2 Å². The van der Waals surface area contributed by atoms with E-state index in [1.165, 1.54) is 0 Å². The number of hydrogen-bond acceptors (Lipinski definition) is 6. The zero-order valence-corrected chi connectivity index (χ0v) is 16.3. The lowest BCUT2D eigenvalue weighted by atomic mass is 10.2. The van der Waals surface area contributed by atoms with Crippen LogP contribution in [-0.4, -0.2) is 31.7 Å². The van der Waals surface area contributed by atoms with E-state index in [1.54, 1.807) is 26.5 Å². The fourth-order valence-corrected chi connectivity index (χ4v) is 2.59. The van der Waals surface area contributed by atoms with Gasteiger partial charge < -0.3 is 24.8 Å². The molecule has 0 bridgehead atoms. The van der Waals surface area contributed by atoms with Gasteiger partial charge in [-0.3, -0.25) is 4.79 Å². The van der Waals surface area contributed by atoms with Crippen molar-refractivity contribution in [2.75, 3.05) is 31.5 Å². The second-order valence-corrected chi connectivity index (χ2v) is 6.08. The molecular weight excluding hydrogens is 370 g/mol. The summed E-state index contributed by atoms with van der Waals surface area (Å²) in [6.45, 7) is 0.297. The molecule has 0 aliphatic carbocycles. The molecule has 1 heterocycles. The first-order valence-electron chi connectivity index (χ1n) is 9.11. The Bertz CT molecular complexity index is 931. The molecule has 1 aromatic heterocycles. The Morgan fingerprint density at radius 1 is 0.966 bits per heavy atom. The van der Waals surface area contributed by atoms with Crippen LogP contribution in [0.2, 0.25) is 0 Å². The number of hydrogen-bond donors (Lipinski definition) is 2. The molecular formula is C22H23N3O4. The lowest BCUT2D eigenvalue weighted by Crippen LogP contribution is -2.16. The van der Waals surface area contributed by atoms with Crippen molar-refractivity contribution >= 4 is 23.1 Å². The van der Waals surface area contributed by atoms with Gasteiger partial charge in [0.1, 0.15) is 23.1 Å². The quantitative estimate of drug-likeness (QED) is 0.566. The zero-order chi connectivity index (χ0) is 20.5. The van der Waals surface area contributed by atoms with Crippen molar-refractivity contribution in [3.8, 4) is 17.2 Å². The molecule has 7 heteroatoms. The van der Waals surface area contributed by atoms with E-state index in [0.717, 1.165) is 17.1 Å². The molecule has 1 amide bonds. The number of para-hydroxylation sites is 1. The Morgan fingerprint density at radius 3 is 2.48 bits per heavy atom. The summed E-state index contributed by atoms with van der Waals surface area (Å²) < 4.78 is 16.1. The molecule has 0 fully saturated rings. The fraction of sp³-hybridized carbons (Fsp3) is 0.182. The Hall–Kier alpha value is -3.74. The first-order valence-corrected chi connectivity index (χ1v) is 9.11. The first kappa shape index (κ1) is 20.0.